The van der Waals surface area contributed by atoms with Crippen LogP contribution in [-0.2, 0) is 11.8 Å². The minimum Gasteiger partial charge on any atom is -0.353 e. The standard InChI is InChI=1S/C15H21N5OS/c1-10(2)11(3)17-13(21)9-22-15-19-18-14(20(15)4)12-6-5-7-16-8-12/h5-8,10-11H,9H2,1-4H3,(H,17,21)/t11-/m0/s1. The van der Waals surface area contributed by atoms with Crippen molar-refractivity contribution in [3.05, 3.63) is 24.5 Å². The Balaban J connectivity index is 1.97. The van der Waals surface area contributed by atoms with Gasteiger partial charge in [0.1, 0.15) is 0 Å². The van der Waals surface area contributed by atoms with E-state index in [0.717, 1.165) is 11.4 Å². The molecule has 0 saturated heterocycles. The molecule has 0 aliphatic heterocycles. The molecule has 0 aromatic carbocycles. The Bertz CT molecular complexity index is 626. The lowest BCUT2D eigenvalue weighted by molar-refractivity contribution is -0.119. The van der Waals surface area contributed by atoms with Crippen molar-refractivity contribution in [3.8, 4) is 11.4 Å². The summed E-state index contributed by atoms with van der Waals surface area (Å²) < 4.78 is 1.88. The first-order chi connectivity index (χ1) is 10.5. The third-order valence-electron chi connectivity index (χ3n) is 3.48. The van der Waals surface area contributed by atoms with Crippen molar-refractivity contribution in [1.29, 1.82) is 0 Å². The van der Waals surface area contributed by atoms with E-state index in [4.69, 9.17) is 0 Å². The molecule has 0 saturated carbocycles. The van der Waals surface area contributed by atoms with Gasteiger partial charge in [-0.2, -0.15) is 0 Å². The highest BCUT2D eigenvalue weighted by molar-refractivity contribution is 7.99. The van der Waals surface area contributed by atoms with E-state index in [9.17, 15) is 4.79 Å². The molecule has 2 aromatic heterocycles. The van der Waals surface area contributed by atoms with Gasteiger partial charge in [0, 0.05) is 31.0 Å². The Morgan fingerprint density at radius 3 is 2.77 bits per heavy atom. The van der Waals surface area contributed by atoms with Gasteiger partial charge < -0.3 is 9.88 Å². The van der Waals surface area contributed by atoms with Gasteiger partial charge in [0.25, 0.3) is 0 Å². The van der Waals surface area contributed by atoms with Crippen LogP contribution < -0.4 is 5.32 Å². The topological polar surface area (TPSA) is 72.7 Å². The van der Waals surface area contributed by atoms with Crippen LogP contribution in [0.5, 0.6) is 0 Å². The molecular weight excluding hydrogens is 298 g/mol. The lowest BCUT2D eigenvalue weighted by Crippen LogP contribution is -2.37. The minimum absolute atomic E-state index is 0.0112. The van der Waals surface area contributed by atoms with Crippen LogP contribution in [0.25, 0.3) is 11.4 Å². The summed E-state index contributed by atoms with van der Waals surface area (Å²) in [4.78, 5) is 16.0. The number of aromatic nitrogens is 4. The van der Waals surface area contributed by atoms with Crippen molar-refractivity contribution in [1.82, 2.24) is 25.1 Å². The van der Waals surface area contributed by atoms with Crippen molar-refractivity contribution in [2.24, 2.45) is 13.0 Å². The predicted molar refractivity (Wildman–Crippen MR) is 87.4 cm³/mol. The normalized spacial score (nSPS) is 12.4. The van der Waals surface area contributed by atoms with Gasteiger partial charge in [0.05, 0.1) is 5.75 Å². The molecule has 118 valence electrons. The summed E-state index contributed by atoms with van der Waals surface area (Å²) in [6, 6.07) is 3.96. The lowest BCUT2D eigenvalue weighted by atomic mass is 10.1. The molecule has 0 fully saturated rings. The maximum Gasteiger partial charge on any atom is 0.230 e. The van der Waals surface area contributed by atoms with Crippen LogP contribution in [0.3, 0.4) is 0 Å². The van der Waals surface area contributed by atoms with Gasteiger partial charge in [-0.05, 0) is 25.0 Å². The summed E-state index contributed by atoms with van der Waals surface area (Å²) >= 11 is 1.38. The van der Waals surface area contributed by atoms with Crippen molar-refractivity contribution in [2.45, 2.75) is 32.0 Å². The average Bonchev–Trinajstić information content (AvgIpc) is 2.87. The summed E-state index contributed by atoms with van der Waals surface area (Å²) in [6.07, 6.45) is 3.46. The molecule has 1 atom stereocenters. The smallest absolute Gasteiger partial charge is 0.230 e. The van der Waals surface area contributed by atoms with E-state index in [0.29, 0.717) is 16.8 Å². The number of nitrogens with zero attached hydrogens (tertiary/aromatic N) is 4. The SMILES string of the molecule is CC(C)[C@H](C)NC(=O)CSc1nnc(-c2cccnc2)n1C. The van der Waals surface area contributed by atoms with Crippen molar-refractivity contribution >= 4 is 17.7 Å². The van der Waals surface area contributed by atoms with Gasteiger partial charge in [-0.25, -0.2) is 0 Å². The number of carbonyl (C=O) groups excluding carboxylic acids is 1. The number of thioether (sulfide) groups is 1. The van der Waals surface area contributed by atoms with E-state index in [1.54, 1.807) is 12.4 Å². The van der Waals surface area contributed by atoms with E-state index < -0.39 is 0 Å². The highest BCUT2D eigenvalue weighted by Crippen LogP contribution is 2.21. The monoisotopic (exact) mass is 319 g/mol. The quantitative estimate of drug-likeness (QED) is 0.826. The number of pyridine rings is 1. The summed E-state index contributed by atoms with van der Waals surface area (Å²) in [7, 11) is 1.89. The second kappa shape index (κ2) is 7.40. The fourth-order valence-corrected chi connectivity index (χ4v) is 2.50. The van der Waals surface area contributed by atoms with Gasteiger partial charge >= 0.3 is 0 Å². The van der Waals surface area contributed by atoms with Crippen molar-refractivity contribution in [2.75, 3.05) is 5.75 Å². The zero-order valence-corrected chi connectivity index (χ0v) is 14.1. The van der Waals surface area contributed by atoms with Crippen LogP contribution in [0, 0.1) is 5.92 Å². The Kier molecular flexibility index (Phi) is 5.54. The highest BCUT2D eigenvalue weighted by atomic mass is 32.2. The zero-order valence-electron chi connectivity index (χ0n) is 13.3. The third-order valence-corrected chi connectivity index (χ3v) is 4.50. The van der Waals surface area contributed by atoms with Crippen LogP contribution in [0.1, 0.15) is 20.8 Å². The number of amides is 1. The number of hydrogen-bond acceptors (Lipinski definition) is 5. The molecule has 0 radical (unpaired) electrons. The fourth-order valence-electron chi connectivity index (χ4n) is 1.78. The highest BCUT2D eigenvalue weighted by Gasteiger charge is 2.15. The maximum absolute atomic E-state index is 11.9. The number of hydrogen-bond donors (Lipinski definition) is 1. The Morgan fingerprint density at radius 2 is 2.14 bits per heavy atom. The summed E-state index contributed by atoms with van der Waals surface area (Å²) in [6.45, 7) is 6.18. The summed E-state index contributed by atoms with van der Waals surface area (Å²) in [5.41, 5.74) is 0.905. The van der Waals surface area contributed by atoms with Crippen molar-refractivity contribution < 1.29 is 4.79 Å². The molecular formula is C15H21N5OS. The van der Waals surface area contributed by atoms with Crippen LogP contribution in [-0.4, -0.2) is 37.5 Å². The second-order valence-corrected chi connectivity index (χ2v) is 6.44. The van der Waals surface area contributed by atoms with E-state index in [2.05, 4.69) is 34.3 Å². The zero-order chi connectivity index (χ0) is 16.1. The average molecular weight is 319 g/mol. The summed E-state index contributed by atoms with van der Waals surface area (Å²) in [5, 5.41) is 12.0. The lowest BCUT2D eigenvalue weighted by Gasteiger charge is -2.17. The van der Waals surface area contributed by atoms with Crippen molar-refractivity contribution in [3.63, 3.8) is 0 Å². The molecule has 0 unspecified atom stereocenters. The Hall–Kier alpha value is -1.89. The molecule has 7 heteroatoms. The molecule has 0 aliphatic rings. The van der Waals surface area contributed by atoms with Gasteiger partial charge in [0.2, 0.25) is 5.91 Å². The fraction of sp³-hybridized carbons (Fsp3) is 0.467. The largest absolute Gasteiger partial charge is 0.353 e. The van der Waals surface area contributed by atoms with E-state index >= 15 is 0 Å². The van der Waals surface area contributed by atoms with Gasteiger partial charge in [-0.3, -0.25) is 9.78 Å². The number of rotatable bonds is 6. The minimum atomic E-state index is 0.0112. The molecule has 0 spiro atoms. The summed E-state index contributed by atoms with van der Waals surface area (Å²) in [5.74, 6) is 1.50. The van der Waals surface area contributed by atoms with Crippen LogP contribution in [0.15, 0.2) is 29.7 Å². The molecule has 2 heterocycles. The van der Waals surface area contributed by atoms with Crippen LogP contribution in [0.2, 0.25) is 0 Å². The maximum atomic E-state index is 11.9. The van der Waals surface area contributed by atoms with E-state index in [1.165, 1.54) is 11.8 Å². The van der Waals surface area contributed by atoms with Gasteiger partial charge in [0.15, 0.2) is 11.0 Å². The molecule has 2 aromatic rings. The molecule has 1 amide bonds. The van der Waals surface area contributed by atoms with E-state index in [-0.39, 0.29) is 11.9 Å². The number of carbonyl (C=O) groups is 1. The predicted octanol–water partition coefficient (Wildman–Crippen LogP) is 2.13. The number of nitrogens with one attached hydrogen (secondary N) is 1. The van der Waals surface area contributed by atoms with Gasteiger partial charge in [-0.15, -0.1) is 10.2 Å². The van der Waals surface area contributed by atoms with Gasteiger partial charge in [-0.1, -0.05) is 25.6 Å². The van der Waals surface area contributed by atoms with Crippen LogP contribution >= 0.6 is 11.8 Å². The Labute approximate surface area is 134 Å². The third kappa shape index (κ3) is 4.07. The molecule has 6 nitrogen and oxygen atoms in total. The molecule has 22 heavy (non-hydrogen) atoms. The van der Waals surface area contributed by atoms with Crippen LogP contribution in [0.4, 0.5) is 0 Å². The first kappa shape index (κ1) is 16.5. The Morgan fingerprint density at radius 1 is 1.36 bits per heavy atom. The van der Waals surface area contributed by atoms with E-state index in [1.807, 2.05) is 30.7 Å². The molecule has 1 N–H and O–H groups in total. The second-order valence-electron chi connectivity index (χ2n) is 5.50. The molecule has 0 bridgehead atoms. The molecule has 2 rings (SSSR count). The first-order valence-electron chi connectivity index (χ1n) is 7.21. The first-order valence-corrected chi connectivity index (χ1v) is 8.19. The molecule has 0 aliphatic carbocycles.